The van der Waals surface area contributed by atoms with Gasteiger partial charge in [-0.05, 0) is 224 Å². The van der Waals surface area contributed by atoms with Crippen LogP contribution >= 0.6 is 31.9 Å². The molecule has 0 N–H and O–H groups in total. The number of fused-ring (bicyclic) bond motifs is 12. The lowest BCUT2D eigenvalue weighted by atomic mass is 9.70. The number of nitrogens with zero attached hydrogens (tertiary/aromatic N) is 1. The Labute approximate surface area is 671 Å². The molecule has 3 aliphatic rings. The van der Waals surface area contributed by atoms with E-state index < -0.39 is 0 Å². The number of halogens is 2. The van der Waals surface area contributed by atoms with Gasteiger partial charge in [-0.2, -0.15) is 0 Å². The zero-order valence-electron chi connectivity index (χ0n) is 67.6. The fourth-order valence-electron chi connectivity index (χ4n) is 20.7. The van der Waals surface area contributed by atoms with E-state index in [1.165, 1.54) is 373 Å². The molecule has 108 heavy (non-hydrogen) atoms. The summed E-state index contributed by atoms with van der Waals surface area (Å²) in [7, 11) is 0. The van der Waals surface area contributed by atoms with Crippen LogP contribution in [0.25, 0.3) is 94.3 Å². The molecule has 0 fully saturated rings. The van der Waals surface area contributed by atoms with Gasteiger partial charge in [0.05, 0.1) is 11.0 Å². The minimum atomic E-state index is -0.135. The second-order valence-electron chi connectivity index (χ2n) is 33.9. The summed E-state index contributed by atoms with van der Waals surface area (Å²) < 4.78 is 5.00. The third-order valence-corrected chi connectivity index (χ3v) is 27.5. The van der Waals surface area contributed by atoms with Crippen molar-refractivity contribution in [3.05, 3.63) is 218 Å². The number of benzene rings is 9. The fourth-order valence-corrected chi connectivity index (χ4v) is 21.4. The van der Waals surface area contributed by atoms with Gasteiger partial charge < -0.3 is 4.57 Å². The number of hydrogen-bond donors (Lipinski definition) is 0. The molecule has 570 valence electrons. The van der Waals surface area contributed by atoms with Gasteiger partial charge in [0.1, 0.15) is 0 Å². The molecule has 3 heteroatoms. The molecular formula is C105H131Br2N. The van der Waals surface area contributed by atoms with Crippen LogP contribution in [0.1, 0.15) is 345 Å². The molecule has 1 heterocycles. The van der Waals surface area contributed by atoms with Crippen LogP contribution < -0.4 is 0 Å². The topological polar surface area (TPSA) is 4.93 Å². The largest absolute Gasteiger partial charge is 0.309 e. The Morgan fingerprint density at radius 1 is 0.222 bits per heavy atom. The molecule has 0 saturated carbocycles. The highest BCUT2D eigenvalue weighted by Gasteiger charge is 2.46. The highest BCUT2D eigenvalue weighted by molar-refractivity contribution is 9.10. The highest BCUT2D eigenvalue weighted by atomic mass is 79.9. The third kappa shape index (κ3) is 17.5. The van der Waals surface area contributed by atoms with E-state index in [9.17, 15) is 0 Å². The monoisotopic (exact) mass is 1560 g/mol. The van der Waals surface area contributed by atoms with E-state index in [1.807, 2.05) is 0 Å². The van der Waals surface area contributed by atoms with Gasteiger partial charge in [0.2, 0.25) is 0 Å². The standard InChI is InChI=1S/C105H131Br2N/c1-7-13-19-25-31-41-63-103(64-42-32-26-20-14-8-2)95-72-78(51-57-87(95)90-60-54-84(106)75-98(90)103)81-69-82(79-52-58-88-91-61-55-85(107)76-99(91)104(96(88)73-79,65-43-33-27-21-15-9-3)66-44-34-28-22-16-10-4)71-83(70-81)80-53-59-89-92-62-56-86(108-101-49-39-37-47-93(101)94-48-38-40-50-102(94)108)77-100(92)105(97(89)74-80,67-45-35-29-23-17-11-5)68-46-36-30-24-18-12-6/h37-40,47-62,69-77H,7-36,41-46,63-68H2,1-6H3. The first-order valence-electron chi connectivity index (χ1n) is 44.5. The van der Waals surface area contributed by atoms with Gasteiger partial charge in [0.15, 0.2) is 0 Å². The summed E-state index contributed by atoms with van der Waals surface area (Å²) in [6, 6.07) is 72.1. The van der Waals surface area contributed by atoms with Crippen LogP contribution in [-0.2, 0) is 16.2 Å². The van der Waals surface area contributed by atoms with Gasteiger partial charge in [0.25, 0.3) is 0 Å². The van der Waals surface area contributed by atoms with Crippen molar-refractivity contribution >= 4 is 53.7 Å². The Balaban J connectivity index is 0.996. The van der Waals surface area contributed by atoms with Crippen LogP contribution in [0.5, 0.6) is 0 Å². The first kappa shape index (κ1) is 79.8. The normalized spacial score (nSPS) is 14.0. The van der Waals surface area contributed by atoms with Crippen molar-refractivity contribution in [1.29, 1.82) is 0 Å². The number of unbranched alkanes of at least 4 members (excludes halogenated alkanes) is 30. The summed E-state index contributed by atoms with van der Waals surface area (Å²) in [6.07, 6.45) is 54.1. The second kappa shape index (κ2) is 38.8. The molecule has 10 aromatic rings. The predicted molar refractivity (Wildman–Crippen MR) is 479 cm³/mol. The number of rotatable bonds is 46. The van der Waals surface area contributed by atoms with Crippen molar-refractivity contribution in [3.63, 3.8) is 0 Å². The van der Waals surface area contributed by atoms with Crippen molar-refractivity contribution in [2.24, 2.45) is 0 Å². The molecule has 13 rings (SSSR count). The lowest BCUT2D eigenvalue weighted by Gasteiger charge is -2.34. The van der Waals surface area contributed by atoms with Crippen molar-refractivity contribution in [3.8, 4) is 72.4 Å². The molecule has 0 aliphatic heterocycles. The summed E-state index contributed by atoms with van der Waals surface area (Å²) >= 11 is 8.17. The van der Waals surface area contributed by atoms with Gasteiger partial charge in [-0.15, -0.1) is 0 Å². The molecule has 1 aromatic heterocycles. The summed E-state index contributed by atoms with van der Waals surface area (Å²) in [5.41, 5.74) is 29.8. The molecule has 0 bridgehead atoms. The van der Waals surface area contributed by atoms with Gasteiger partial charge in [-0.25, -0.2) is 0 Å². The lowest BCUT2D eigenvalue weighted by Crippen LogP contribution is -2.26. The average molecular weight is 1570 g/mol. The van der Waals surface area contributed by atoms with E-state index in [-0.39, 0.29) is 16.2 Å². The van der Waals surface area contributed by atoms with Gasteiger partial charge in [-0.1, -0.05) is 396 Å². The molecule has 0 unspecified atom stereocenters. The zero-order chi connectivity index (χ0) is 74.7. The lowest BCUT2D eigenvalue weighted by molar-refractivity contribution is 0.398. The molecule has 9 aromatic carbocycles. The van der Waals surface area contributed by atoms with Crippen LogP contribution in [-0.4, -0.2) is 4.57 Å². The molecule has 0 atom stereocenters. The van der Waals surface area contributed by atoms with E-state index in [0.717, 1.165) is 0 Å². The van der Waals surface area contributed by atoms with Gasteiger partial charge >= 0.3 is 0 Å². The van der Waals surface area contributed by atoms with Crippen LogP contribution in [0.15, 0.2) is 185 Å². The van der Waals surface area contributed by atoms with Gasteiger partial charge in [-0.3, -0.25) is 0 Å². The zero-order valence-corrected chi connectivity index (χ0v) is 70.8. The summed E-state index contributed by atoms with van der Waals surface area (Å²) in [5, 5.41) is 2.65. The number of aromatic nitrogens is 1. The maximum atomic E-state index is 4.08. The Morgan fingerprint density at radius 2 is 0.463 bits per heavy atom. The van der Waals surface area contributed by atoms with E-state index in [2.05, 4.69) is 254 Å². The van der Waals surface area contributed by atoms with Gasteiger partial charge in [0, 0.05) is 41.7 Å². The molecule has 0 amide bonds. The molecular weight excluding hydrogens is 1430 g/mol. The molecule has 0 radical (unpaired) electrons. The Hall–Kier alpha value is -6.26. The first-order valence-corrected chi connectivity index (χ1v) is 46.1. The summed E-state index contributed by atoms with van der Waals surface area (Å²) in [5.74, 6) is 0. The van der Waals surface area contributed by atoms with Crippen molar-refractivity contribution in [2.75, 3.05) is 0 Å². The first-order chi connectivity index (χ1) is 53.1. The van der Waals surface area contributed by atoms with Crippen LogP contribution in [0, 0.1) is 0 Å². The Morgan fingerprint density at radius 3 is 0.759 bits per heavy atom. The SMILES string of the molecule is CCCCCCCCC1(CCCCCCCC)c2cc(Br)ccc2-c2ccc(-c3cc(-c4ccc5c(c4)C(CCCCCCCC)(CCCCCCCC)c4cc(Br)ccc4-5)cc(-c4ccc5c(c4)C(CCCCCCCC)(CCCCCCCC)c4cc(-n6c7ccccc7c7ccccc76)ccc4-5)c3)cc21. The van der Waals surface area contributed by atoms with Crippen molar-refractivity contribution in [2.45, 2.75) is 327 Å². The van der Waals surface area contributed by atoms with E-state index >= 15 is 0 Å². The summed E-state index contributed by atoms with van der Waals surface area (Å²) in [4.78, 5) is 0. The van der Waals surface area contributed by atoms with Crippen LogP contribution in [0.3, 0.4) is 0 Å². The number of para-hydroxylation sites is 2. The van der Waals surface area contributed by atoms with Crippen molar-refractivity contribution in [1.82, 2.24) is 4.57 Å². The Bertz CT molecular complexity index is 4310. The van der Waals surface area contributed by atoms with Crippen molar-refractivity contribution < 1.29 is 0 Å². The smallest absolute Gasteiger partial charge is 0.0541 e. The maximum Gasteiger partial charge on any atom is 0.0541 e. The second-order valence-corrected chi connectivity index (χ2v) is 35.7. The quantitative estimate of drug-likeness (QED) is 0.0335. The van der Waals surface area contributed by atoms with E-state index in [1.54, 1.807) is 33.4 Å². The molecule has 1 nitrogen and oxygen atoms in total. The number of hydrogen-bond acceptors (Lipinski definition) is 0. The highest BCUT2D eigenvalue weighted by Crippen LogP contribution is 2.60. The summed E-state index contributed by atoms with van der Waals surface area (Å²) in [6.45, 7) is 14.1. The molecule has 0 spiro atoms. The average Bonchev–Trinajstić information content (AvgIpc) is 1.62. The third-order valence-electron chi connectivity index (χ3n) is 26.5. The maximum absolute atomic E-state index is 4.08. The molecule has 3 aliphatic carbocycles. The minimum absolute atomic E-state index is 0.0501. The minimum Gasteiger partial charge on any atom is -0.309 e. The van der Waals surface area contributed by atoms with Crippen LogP contribution in [0.4, 0.5) is 0 Å². The fraction of sp³-hybridized carbons (Fsp3) is 0.486. The van der Waals surface area contributed by atoms with Crippen LogP contribution in [0.2, 0.25) is 0 Å². The molecule has 0 saturated heterocycles. The predicted octanol–water partition coefficient (Wildman–Crippen LogP) is 34.6. The Kier molecular flexibility index (Phi) is 28.7. The van der Waals surface area contributed by atoms with E-state index in [4.69, 9.17) is 0 Å². The van der Waals surface area contributed by atoms with E-state index in [0.29, 0.717) is 0 Å².